The number of rotatable bonds is 12. The van der Waals surface area contributed by atoms with E-state index in [-0.39, 0.29) is 33.0 Å². The Balaban J connectivity index is 4.06. The third kappa shape index (κ3) is 8.16. The minimum atomic E-state index is -3.47. The molecule has 0 amide bonds. The third-order valence-electron chi connectivity index (χ3n) is 2.06. The summed E-state index contributed by atoms with van der Waals surface area (Å²) in [6.45, 7) is 5.33. The summed E-state index contributed by atoms with van der Waals surface area (Å²) in [5, 5.41) is 17.6. The van der Waals surface area contributed by atoms with Crippen LogP contribution in [0, 0.1) is 0 Å². The largest absolute Gasteiger partial charge is 0.474 e. The van der Waals surface area contributed by atoms with Gasteiger partial charge in [-0.3, -0.25) is 18.5 Å². The SMILES string of the molecule is CCOP(=O)(OCC)OCCN(CCO)CCO. The molecule has 0 rings (SSSR count). The zero-order valence-corrected chi connectivity index (χ0v) is 12.0. The molecule has 2 N–H and O–H groups in total. The van der Waals surface area contributed by atoms with E-state index in [1.165, 1.54) is 0 Å². The van der Waals surface area contributed by atoms with Crippen LogP contribution in [0.1, 0.15) is 13.8 Å². The normalized spacial score (nSPS) is 12.3. The minimum Gasteiger partial charge on any atom is -0.395 e. The fourth-order valence-corrected chi connectivity index (χ4v) is 2.49. The van der Waals surface area contributed by atoms with E-state index in [1.807, 2.05) is 0 Å². The van der Waals surface area contributed by atoms with Crippen molar-refractivity contribution in [1.29, 1.82) is 0 Å². The van der Waals surface area contributed by atoms with E-state index in [9.17, 15) is 4.57 Å². The molecule has 0 aromatic heterocycles. The quantitative estimate of drug-likeness (QED) is 0.504. The van der Waals surface area contributed by atoms with Crippen molar-refractivity contribution in [3.8, 4) is 0 Å². The van der Waals surface area contributed by atoms with Gasteiger partial charge in [-0.2, -0.15) is 0 Å². The highest BCUT2D eigenvalue weighted by Gasteiger charge is 2.25. The van der Waals surface area contributed by atoms with E-state index < -0.39 is 7.82 Å². The Kier molecular flexibility index (Phi) is 10.9. The van der Waals surface area contributed by atoms with Gasteiger partial charge in [0.1, 0.15) is 0 Å². The molecule has 0 aromatic rings. The van der Waals surface area contributed by atoms with Crippen molar-refractivity contribution in [1.82, 2.24) is 4.90 Å². The van der Waals surface area contributed by atoms with E-state index in [4.69, 9.17) is 23.8 Å². The van der Waals surface area contributed by atoms with Crippen molar-refractivity contribution in [3.05, 3.63) is 0 Å². The van der Waals surface area contributed by atoms with Gasteiger partial charge < -0.3 is 10.2 Å². The predicted octanol–water partition coefficient (Wildman–Crippen LogP) is 0.471. The van der Waals surface area contributed by atoms with Gasteiger partial charge in [0.25, 0.3) is 0 Å². The molecule has 0 radical (unpaired) electrons. The summed E-state index contributed by atoms with van der Waals surface area (Å²) in [6.07, 6.45) is 0. The fraction of sp³-hybridized carbons (Fsp3) is 1.00. The highest BCUT2D eigenvalue weighted by atomic mass is 31.2. The molecule has 18 heavy (non-hydrogen) atoms. The molecule has 0 saturated heterocycles. The number of aliphatic hydroxyl groups excluding tert-OH is 2. The standard InChI is InChI=1S/C10H24NO6P/c1-3-15-18(14,16-4-2)17-10-7-11(5-8-12)6-9-13/h12-13H,3-10H2,1-2H3. The Bertz CT molecular complexity index is 224. The molecule has 0 aliphatic heterocycles. The lowest BCUT2D eigenvalue weighted by Gasteiger charge is -2.21. The van der Waals surface area contributed by atoms with Gasteiger partial charge in [-0.15, -0.1) is 0 Å². The van der Waals surface area contributed by atoms with E-state index in [0.717, 1.165) is 0 Å². The number of phosphoric ester groups is 1. The molecular formula is C10H24NO6P. The average Bonchev–Trinajstić information content (AvgIpc) is 2.30. The zero-order chi connectivity index (χ0) is 13.9. The van der Waals surface area contributed by atoms with Crippen LogP contribution in [0.3, 0.4) is 0 Å². The van der Waals surface area contributed by atoms with Gasteiger partial charge in [0.15, 0.2) is 0 Å². The van der Waals surface area contributed by atoms with Crippen LogP contribution < -0.4 is 0 Å². The van der Waals surface area contributed by atoms with Crippen LogP contribution in [0.25, 0.3) is 0 Å². The number of phosphoric acid groups is 1. The summed E-state index contributed by atoms with van der Waals surface area (Å²) in [6, 6.07) is 0. The monoisotopic (exact) mass is 285 g/mol. The van der Waals surface area contributed by atoms with Gasteiger partial charge >= 0.3 is 7.82 Å². The van der Waals surface area contributed by atoms with Crippen molar-refractivity contribution < 1.29 is 28.3 Å². The Morgan fingerprint density at radius 2 is 1.44 bits per heavy atom. The summed E-state index contributed by atoms with van der Waals surface area (Å²) in [7, 11) is -3.47. The van der Waals surface area contributed by atoms with Gasteiger partial charge in [0, 0.05) is 19.6 Å². The molecule has 0 atom stereocenters. The van der Waals surface area contributed by atoms with Crippen LogP contribution in [0.15, 0.2) is 0 Å². The maximum absolute atomic E-state index is 11.9. The van der Waals surface area contributed by atoms with Gasteiger partial charge in [-0.1, -0.05) is 0 Å². The molecule has 0 spiro atoms. The topological polar surface area (TPSA) is 88.5 Å². The summed E-state index contributed by atoms with van der Waals surface area (Å²) < 4.78 is 27.0. The van der Waals surface area contributed by atoms with Crippen LogP contribution in [0.5, 0.6) is 0 Å². The van der Waals surface area contributed by atoms with Crippen molar-refractivity contribution in [2.75, 3.05) is 52.7 Å². The molecule has 8 heteroatoms. The van der Waals surface area contributed by atoms with Crippen LogP contribution in [0.4, 0.5) is 0 Å². The van der Waals surface area contributed by atoms with E-state index in [1.54, 1.807) is 18.7 Å². The van der Waals surface area contributed by atoms with Crippen LogP contribution in [-0.4, -0.2) is 67.8 Å². The second-order valence-electron chi connectivity index (χ2n) is 3.40. The average molecular weight is 285 g/mol. The maximum Gasteiger partial charge on any atom is 0.474 e. The Labute approximate surface area is 108 Å². The molecule has 110 valence electrons. The molecule has 0 saturated carbocycles. The molecule has 0 aliphatic carbocycles. The fourth-order valence-electron chi connectivity index (χ4n) is 1.33. The van der Waals surface area contributed by atoms with Gasteiger partial charge in [0.05, 0.1) is 33.0 Å². The lowest BCUT2D eigenvalue weighted by atomic mass is 10.4. The number of hydrogen-bond donors (Lipinski definition) is 2. The predicted molar refractivity (Wildman–Crippen MR) is 67.4 cm³/mol. The molecule has 0 aliphatic rings. The van der Waals surface area contributed by atoms with E-state index in [0.29, 0.717) is 19.6 Å². The first kappa shape index (κ1) is 18.0. The molecule has 0 fully saturated rings. The summed E-state index contributed by atoms with van der Waals surface area (Å²) >= 11 is 0. The van der Waals surface area contributed by atoms with Crippen molar-refractivity contribution in [3.63, 3.8) is 0 Å². The second kappa shape index (κ2) is 10.9. The van der Waals surface area contributed by atoms with E-state index >= 15 is 0 Å². The highest BCUT2D eigenvalue weighted by Crippen LogP contribution is 2.48. The lowest BCUT2D eigenvalue weighted by Crippen LogP contribution is -2.32. The molecule has 0 aromatic carbocycles. The van der Waals surface area contributed by atoms with E-state index in [2.05, 4.69) is 0 Å². The van der Waals surface area contributed by atoms with Crippen molar-refractivity contribution in [2.24, 2.45) is 0 Å². The third-order valence-corrected chi connectivity index (χ3v) is 3.71. The first-order valence-electron chi connectivity index (χ1n) is 6.09. The summed E-state index contributed by atoms with van der Waals surface area (Å²) in [5.41, 5.74) is 0. The molecule has 0 unspecified atom stereocenters. The van der Waals surface area contributed by atoms with Gasteiger partial charge in [-0.05, 0) is 13.8 Å². The Morgan fingerprint density at radius 1 is 0.944 bits per heavy atom. The van der Waals surface area contributed by atoms with Crippen LogP contribution in [-0.2, 0) is 18.1 Å². The molecule has 0 bridgehead atoms. The highest BCUT2D eigenvalue weighted by molar-refractivity contribution is 7.48. The smallest absolute Gasteiger partial charge is 0.395 e. The summed E-state index contributed by atoms with van der Waals surface area (Å²) in [4.78, 5) is 1.79. The lowest BCUT2D eigenvalue weighted by molar-refractivity contribution is 0.0981. The van der Waals surface area contributed by atoms with Crippen molar-refractivity contribution >= 4 is 7.82 Å². The van der Waals surface area contributed by atoms with Gasteiger partial charge in [-0.25, -0.2) is 4.57 Å². The zero-order valence-electron chi connectivity index (χ0n) is 11.1. The molecule has 7 nitrogen and oxygen atoms in total. The Morgan fingerprint density at radius 3 is 1.83 bits per heavy atom. The second-order valence-corrected chi connectivity index (χ2v) is 5.07. The number of aliphatic hydroxyl groups is 2. The molecule has 0 heterocycles. The number of hydrogen-bond acceptors (Lipinski definition) is 7. The van der Waals surface area contributed by atoms with Gasteiger partial charge in [0.2, 0.25) is 0 Å². The first-order chi connectivity index (χ1) is 8.61. The molecular weight excluding hydrogens is 261 g/mol. The number of nitrogens with zero attached hydrogens (tertiary/aromatic N) is 1. The minimum absolute atomic E-state index is 0.00538. The van der Waals surface area contributed by atoms with Crippen molar-refractivity contribution in [2.45, 2.75) is 13.8 Å². The summed E-state index contributed by atoms with van der Waals surface area (Å²) in [5.74, 6) is 0. The maximum atomic E-state index is 11.9. The Hall–Kier alpha value is -0.0100. The van der Waals surface area contributed by atoms with Crippen LogP contribution in [0.2, 0.25) is 0 Å². The first-order valence-corrected chi connectivity index (χ1v) is 7.55. The van der Waals surface area contributed by atoms with Crippen LogP contribution >= 0.6 is 7.82 Å².